The molecule has 2 aromatic rings. The second-order valence-electron chi connectivity index (χ2n) is 5.44. The lowest BCUT2D eigenvalue weighted by Gasteiger charge is -2.24. The molecular weight excluding hydrogens is 328 g/mol. The maximum atomic E-state index is 12.4. The van der Waals surface area contributed by atoms with Crippen molar-refractivity contribution in [1.29, 1.82) is 0 Å². The Bertz CT molecular complexity index is 675. The summed E-state index contributed by atoms with van der Waals surface area (Å²) in [6.07, 6.45) is 0. The van der Waals surface area contributed by atoms with Crippen molar-refractivity contribution in [3.63, 3.8) is 0 Å². The minimum Gasteiger partial charge on any atom is -0.493 e. The van der Waals surface area contributed by atoms with Gasteiger partial charge in [0, 0.05) is 6.54 Å². The summed E-state index contributed by atoms with van der Waals surface area (Å²) in [4.78, 5) is 12.4. The summed E-state index contributed by atoms with van der Waals surface area (Å²) in [6.45, 7) is 2.06. The third kappa shape index (κ3) is 4.40. The van der Waals surface area contributed by atoms with Gasteiger partial charge in [-0.1, -0.05) is 36.4 Å². The summed E-state index contributed by atoms with van der Waals surface area (Å²) in [5, 5.41) is 2.87. The number of hydrogen-bond acceptors (Lipinski definition) is 4. The minimum absolute atomic E-state index is 0. The van der Waals surface area contributed by atoms with Gasteiger partial charge in [0.15, 0.2) is 11.5 Å². The zero-order chi connectivity index (χ0) is 16.9. The Morgan fingerprint density at radius 1 is 1.08 bits per heavy atom. The SMILES string of the molecule is COc1ccc(CNC(=O)C(C)(N)c2ccccc2)cc1OC.Cl. The van der Waals surface area contributed by atoms with Crippen LogP contribution >= 0.6 is 12.4 Å². The van der Waals surface area contributed by atoms with Crippen LogP contribution in [0.25, 0.3) is 0 Å². The average Bonchev–Trinajstić information content (AvgIpc) is 2.59. The number of ether oxygens (including phenoxy) is 2. The van der Waals surface area contributed by atoms with Crippen molar-refractivity contribution >= 4 is 18.3 Å². The fourth-order valence-electron chi connectivity index (χ4n) is 2.27. The van der Waals surface area contributed by atoms with Crippen molar-refractivity contribution in [1.82, 2.24) is 5.32 Å². The van der Waals surface area contributed by atoms with Crippen molar-refractivity contribution in [2.75, 3.05) is 14.2 Å². The summed E-state index contributed by atoms with van der Waals surface area (Å²) >= 11 is 0. The van der Waals surface area contributed by atoms with E-state index in [2.05, 4.69) is 5.32 Å². The monoisotopic (exact) mass is 350 g/mol. The average molecular weight is 351 g/mol. The molecule has 1 unspecified atom stereocenters. The van der Waals surface area contributed by atoms with Crippen molar-refractivity contribution in [2.45, 2.75) is 19.0 Å². The van der Waals surface area contributed by atoms with Crippen LogP contribution in [0.5, 0.6) is 11.5 Å². The van der Waals surface area contributed by atoms with E-state index >= 15 is 0 Å². The maximum Gasteiger partial charge on any atom is 0.244 e. The van der Waals surface area contributed by atoms with Crippen LogP contribution in [-0.4, -0.2) is 20.1 Å². The highest BCUT2D eigenvalue weighted by Gasteiger charge is 2.29. The first kappa shape index (κ1) is 19.8. The van der Waals surface area contributed by atoms with E-state index in [0.717, 1.165) is 11.1 Å². The van der Waals surface area contributed by atoms with Crippen molar-refractivity contribution < 1.29 is 14.3 Å². The molecule has 24 heavy (non-hydrogen) atoms. The highest BCUT2D eigenvalue weighted by Crippen LogP contribution is 2.27. The summed E-state index contributed by atoms with van der Waals surface area (Å²) in [6, 6.07) is 14.8. The number of methoxy groups -OCH3 is 2. The lowest BCUT2D eigenvalue weighted by molar-refractivity contribution is -0.126. The van der Waals surface area contributed by atoms with Gasteiger partial charge in [0.1, 0.15) is 5.54 Å². The molecule has 2 aromatic carbocycles. The Labute approximate surface area is 148 Å². The standard InChI is InChI=1S/C18H22N2O3.ClH/c1-18(19,14-7-5-4-6-8-14)17(21)20-12-13-9-10-15(22-2)16(11-13)23-3;/h4-11H,12,19H2,1-3H3,(H,20,21);1H. The molecule has 3 N–H and O–H groups in total. The lowest BCUT2D eigenvalue weighted by atomic mass is 9.92. The van der Waals surface area contributed by atoms with Gasteiger partial charge in [0.2, 0.25) is 5.91 Å². The van der Waals surface area contributed by atoms with Crippen molar-refractivity contribution in [3.05, 3.63) is 59.7 Å². The first-order valence-corrected chi connectivity index (χ1v) is 7.32. The van der Waals surface area contributed by atoms with Crippen LogP contribution in [0.2, 0.25) is 0 Å². The number of hydrogen-bond donors (Lipinski definition) is 2. The fraction of sp³-hybridized carbons (Fsp3) is 0.278. The molecule has 0 saturated heterocycles. The van der Waals surface area contributed by atoms with Crippen molar-refractivity contribution in [2.24, 2.45) is 5.73 Å². The van der Waals surface area contributed by atoms with Gasteiger partial charge in [0.05, 0.1) is 14.2 Å². The Balaban J connectivity index is 0.00000288. The van der Waals surface area contributed by atoms with Crippen LogP contribution in [0.3, 0.4) is 0 Å². The molecule has 5 nitrogen and oxygen atoms in total. The van der Waals surface area contributed by atoms with Gasteiger partial charge in [-0.05, 0) is 30.2 Å². The third-order valence-electron chi connectivity index (χ3n) is 3.75. The summed E-state index contributed by atoms with van der Waals surface area (Å²) in [5.41, 5.74) is 6.78. The van der Waals surface area contributed by atoms with Crippen LogP contribution in [0.1, 0.15) is 18.1 Å². The second-order valence-corrected chi connectivity index (χ2v) is 5.44. The largest absolute Gasteiger partial charge is 0.493 e. The van der Waals surface area contributed by atoms with Gasteiger partial charge in [-0.3, -0.25) is 4.79 Å². The van der Waals surface area contributed by atoms with E-state index in [0.29, 0.717) is 18.0 Å². The molecule has 0 radical (unpaired) electrons. The number of benzene rings is 2. The Morgan fingerprint density at radius 3 is 2.29 bits per heavy atom. The Morgan fingerprint density at radius 2 is 1.71 bits per heavy atom. The number of halogens is 1. The molecule has 0 aliphatic heterocycles. The first-order valence-electron chi connectivity index (χ1n) is 7.32. The van der Waals surface area contributed by atoms with E-state index in [4.69, 9.17) is 15.2 Å². The molecule has 0 bridgehead atoms. The molecule has 0 aliphatic carbocycles. The maximum absolute atomic E-state index is 12.4. The quantitative estimate of drug-likeness (QED) is 0.840. The van der Waals surface area contributed by atoms with Gasteiger partial charge in [0.25, 0.3) is 0 Å². The zero-order valence-corrected chi connectivity index (χ0v) is 14.9. The fourth-order valence-corrected chi connectivity index (χ4v) is 2.27. The number of nitrogens with two attached hydrogens (primary N) is 1. The van der Waals surface area contributed by atoms with Gasteiger partial charge in [-0.25, -0.2) is 0 Å². The van der Waals surface area contributed by atoms with Crippen LogP contribution in [0.15, 0.2) is 48.5 Å². The molecule has 0 spiro atoms. The van der Waals surface area contributed by atoms with Crippen LogP contribution in [-0.2, 0) is 16.9 Å². The molecule has 0 saturated carbocycles. The van der Waals surface area contributed by atoms with Gasteiger partial charge < -0.3 is 20.5 Å². The van der Waals surface area contributed by atoms with Crippen LogP contribution in [0.4, 0.5) is 0 Å². The molecule has 1 amide bonds. The lowest BCUT2D eigenvalue weighted by Crippen LogP contribution is -2.48. The Hall–Kier alpha value is -2.24. The van der Waals surface area contributed by atoms with Gasteiger partial charge in [-0.2, -0.15) is 0 Å². The van der Waals surface area contributed by atoms with Gasteiger partial charge >= 0.3 is 0 Å². The second kappa shape index (κ2) is 8.57. The third-order valence-corrected chi connectivity index (χ3v) is 3.75. The molecular formula is C18H23ClN2O3. The highest BCUT2D eigenvalue weighted by atomic mass is 35.5. The zero-order valence-electron chi connectivity index (χ0n) is 14.0. The number of rotatable bonds is 6. The predicted molar refractivity (Wildman–Crippen MR) is 96.6 cm³/mol. The highest BCUT2D eigenvalue weighted by molar-refractivity contribution is 5.87. The van der Waals surface area contributed by atoms with E-state index in [1.54, 1.807) is 27.2 Å². The molecule has 0 aromatic heterocycles. The minimum atomic E-state index is -1.09. The molecule has 2 rings (SSSR count). The summed E-state index contributed by atoms with van der Waals surface area (Å²) in [7, 11) is 3.16. The van der Waals surface area contributed by atoms with Crippen LogP contribution < -0.4 is 20.5 Å². The number of carbonyl (C=O) groups is 1. The van der Waals surface area contributed by atoms with Crippen molar-refractivity contribution in [3.8, 4) is 11.5 Å². The Kier molecular flexibility index (Phi) is 7.07. The number of amides is 1. The van der Waals surface area contributed by atoms with E-state index in [-0.39, 0.29) is 18.3 Å². The molecule has 1 atom stereocenters. The van der Waals surface area contributed by atoms with E-state index in [9.17, 15) is 4.79 Å². The molecule has 6 heteroatoms. The van der Waals surface area contributed by atoms with E-state index in [1.165, 1.54) is 0 Å². The van der Waals surface area contributed by atoms with E-state index in [1.807, 2.05) is 42.5 Å². The smallest absolute Gasteiger partial charge is 0.244 e. The normalized spacial score (nSPS) is 12.5. The predicted octanol–water partition coefficient (Wildman–Crippen LogP) is 2.62. The first-order chi connectivity index (χ1) is 11.0. The van der Waals surface area contributed by atoms with Gasteiger partial charge in [-0.15, -0.1) is 12.4 Å². The van der Waals surface area contributed by atoms with Crippen LogP contribution in [0, 0.1) is 0 Å². The number of nitrogens with one attached hydrogen (secondary N) is 1. The summed E-state index contributed by atoms with van der Waals surface area (Å²) < 4.78 is 10.5. The topological polar surface area (TPSA) is 73.6 Å². The molecule has 130 valence electrons. The van der Waals surface area contributed by atoms with E-state index < -0.39 is 5.54 Å². The molecule has 0 fully saturated rings. The number of carbonyl (C=O) groups excluding carboxylic acids is 1. The summed E-state index contributed by atoms with van der Waals surface area (Å²) in [5.74, 6) is 1.03. The molecule has 0 heterocycles. The molecule has 0 aliphatic rings.